The van der Waals surface area contributed by atoms with Crippen molar-refractivity contribution < 1.29 is 4.74 Å². The quantitative estimate of drug-likeness (QED) is 0.494. The van der Waals surface area contributed by atoms with Crippen LogP contribution < -0.4 is 4.74 Å². The molecule has 0 amide bonds. The Hall–Kier alpha value is -2.19. The molecule has 0 N–H and O–H groups in total. The monoisotopic (exact) mass is 304 g/mol. The molecule has 108 valence electrons. The predicted octanol–water partition coefficient (Wildman–Crippen LogP) is 5.34. The number of hydrogen-bond acceptors (Lipinski definition) is 2. The highest BCUT2D eigenvalue weighted by Crippen LogP contribution is 2.48. The summed E-state index contributed by atoms with van der Waals surface area (Å²) in [4.78, 5) is 2.70. The average molecular weight is 304 g/mol. The first-order valence-corrected chi connectivity index (χ1v) is 8.18. The van der Waals surface area contributed by atoms with Crippen molar-refractivity contribution in [3.8, 4) is 5.75 Å². The smallest absolute Gasteiger partial charge is 0.118 e. The molecule has 3 aromatic carbocycles. The van der Waals surface area contributed by atoms with E-state index in [4.69, 9.17) is 4.74 Å². The van der Waals surface area contributed by atoms with E-state index in [9.17, 15) is 0 Å². The zero-order valence-corrected chi connectivity index (χ0v) is 13.1. The van der Waals surface area contributed by atoms with Crippen LogP contribution in [-0.2, 0) is 0 Å². The molecule has 0 radical (unpaired) electrons. The lowest BCUT2D eigenvalue weighted by Crippen LogP contribution is -2.09. The summed E-state index contributed by atoms with van der Waals surface area (Å²) < 4.78 is 5.29. The lowest BCUT2D eigenvalue weighted by Gasteiger charge is -2.28. The van der Waals surface area contributed by atoms with Crippen LogP contribution in [0.3, 0.4) is 0 Å². The van der Waals surface area contributed by atoms with Crippen molar-refractivity contribution in [3.63, 3.8) is 0 Å². The van der Waals surface area contributed by atoms with Crippen LogP contribution in [0.2, 0.25) is 0 Å². The minimum absolute atomic E-state index is 0.291. The normalized spacial score (nSPS) is 13.3. The fourth-order valence-corrected chi connectivity index (χ4v) is 4.20. The number of ether oxygens (including phenoxy) is 1. The van der Waals surface area contributed by atoms with Gasteiger partial charge in [-0.25, -0.2) is 0 Å². The van der Waals surface area contributed by atoms with Crippen LogP contribution in [0.1, 0.15) is 22.6 Å². The molecular formula is C20H16OS. The fourth-order valence-electron chi connectivity index (χ4n) is 3.07. The number of rotatable bonds is 2. The van der Waals surface area contributed by atoms with Crippen LogP contribution in [0, 0.1) is 0 Å². The third kappa shape index (κ3) is 2.20. The van der Waals surface area contributed by atoms with Crippen molar-refractivity contribution >= 4 is 11.8 Å². The van der Waals surface area contributed by atoms with Crippen molar-refractivity contribution in [2.75, 3.05) is 7.11 Å². The molecule has 1 nitrogen and oxygen atoms in total. The van der Waals surface area contributed by atoms with Gasteiger partial charge in [0, 0.05) is 15.7 Å². The highest BCUT2D eigenvalue weighted by molar-refractivity contribution is 7.99. The van der Waals surface area contributed by atoms with Gasteiger partial charge in [-0.15, -0.1) is 0 Å². The van der Waals surface area contributed by atoms with Crippen molar-refractivity contribution in [1.82, 2.24) is 0 Å². The molecule has 0 aromatic heterocycles. The Kier molecular flexibility index (Phi) is 3.39. The Morgan fingerprint density at radius 1 is 0.727 bits per heavy atom. The molecule has 0 aliphatic carbocycles. The van der Waals surface area contributed by atoms with Gasteiger partial charge in [-0.2, -0.15) is 0 Å². The molecule has 2 heteroatoms. The van der Waals surface area contributed by atoms with Gasteiger partial charge in [-0.1, -0.05) is 60.3 Å². The Bertz CT molecular complexity index is 762. The lowest BCUT2D eigenvalue weighted by atomic mass is 9.84. The zero-order chi connectivity index (χ0) is 14.9. The second kappa shape index (κ2) is 5.54. The van der Waals surface area contributed by atoms with E-state index in [-0.39, 0.29) is 0 Å². The lowest BCUT2D eigenvalue weighted by molar-refractivity contribution is 0.414. The van der Waals surface area contributed by atoms with Gasteiger partial charge in [0.25, 0.3) is 0 Å². The number of hydrogen-bond donors (Lipinski definition) is 0. The fraction of sp³-hybridized carbons (Fsp3) is 0.100. The first-order valence-electron chi connectivity index (χ1n) is 7.36. The minimum atomic E-state index is 0.291. The summed E-state index contributed by atoms with van der Waals surface area (Å²) in [7, 11) is 1.71. The van der Waals surface area contributed by atoms with Crippen molar-refractivity contribution in [1.29, 1.82) is 0 Å². The van der Waals surface area contributed by atoms with E-state index in [0.717, 1.165) is 5.75 Å². The third-order valence-corrected chi connectivity index (χ3v) is 5.31. The summed E-state index contributed by atoms with van der Waals surface area (Å²) in [6.45, 7) is 0. The topological polar surface area (TPSA) is 9.23 Å². The Morgan fingerprint density at radius 2 is 1.27 bits per heavy atom. The highest BCUT2D eigenvalue weighted by Gasteiger charge is 2.26. The molecule has 0 unspecified atom stereocenters. The molecule has 0 saturated carbocycles. The van der Waals surface area contributed by atoms with Gasteiger partial charge in [0.2, 0.25) is 0 Å². The third-order valence-electron chi connectivity index (χ3n) is 4.13. The van der Waals surface area contributed by atoms with Gasteiger partial charge in [0.15, 0.2) is 0 Å². The molecule has 22 heavy (non-hydrogen) atoms. The van der Waals surface area contributed by atoms with Crippen LogP contribution in [0.4, 0.5) is 0 Å². The number of methoxy groups -OCH3 is 1. The maximum absolute atomic E-state index is 5.29. The highest BCUT2D eigenvalue weighted by atomic mass is 32.2. The summed E-state index contributed by atoms with van der Waals surface area (Å²) in [5.41, 5.74) is 4.08. The molecule has 0 spiro atoms. The van der Waals surface area contributed by atoms with E-state index in [1.165, 1.54) is 26.5 Å². The molecular weight excluding hydrogens is 288 g/mol. The van der Waals surface area contributed by atoms with Gasteiger partial charge in [-0.3, -0.25) is 0 Å². The summed E-state index contributed by atoms with van der Waals surface area (Å²) >= 11 is 1.86. The predicted molar refractivity (Wildman–Crippen MR) is 90.9 cm³/mol. The summed E-state index contributed by atoms with van der Waals surface area (Å²) in [6.07, 6.45) is 0. The van der Waals surface area contributed by atoms with Gasteiger partial charge in [-0.05, 0) is 41.0 Å². The minimum Gasteiger partial charge on any atom is -0.497 e. The molecule has 0 atom stereocenters. The maximum atomic E-state index is 5.29. The number of fused-ring (bicyclic) bond motifs is 2. The van der Waals surface area contributed by atoms with Crippen LogP contribution in [-0.4, -0.2) is 7.11 Å². The Labute approximate surface area is 135 Å². The van der Waals surface area contributed by atoms with Crippen LogP contribution in [0.15, 0.2) is 82.6 Å². The zero-order valence-electron chi connectivity index (χ0n) is 12.3. The first kappa shape index (κ1) is 13.5. The molecule has 1 aliphatic rings. The molecule has 1 aliphatic heterocycles. The average Bonchev–Trinajstić information content (AvgIpc) is 2.60. The van der Waals surface area contributed by atoms with E-state index in [1.807, 2.05) is 23.9 Å². The van der Waals surface area contributed by atoms with Crippen molar-refractivity contribution in [2.24, 2.45) is 0 Å². The van der Waals surface area contributed by atoms with Gasteiger partial charge < -0.3 is 4.74 Å². The van der Waals surface area contributed by atoms with Crippen LogP contribution >= 0.6 is 11.8 Å². The van der Waals surface area contributed by atoms with E-state index in [0.29, 0.717) is 5.92 Å². The molecule has 0 bridgehead atoms. The summed E-state index contributed by atoms with van der Waals surface area (Å²) in [5, 5.41) is 0. The van der Waals surface area contributed by atoms with Gasteiger partial charge in [0.1, 0.15) is 5.75 Å². The Morgan fingerprint density at radius 3 is 1.82 bits per heavy atom. The van der Waals surface area contributed by atoms with E-state index >= 15 is 0 Å². The molecule has 4 rings (SSSR count). The van der Waals surface area contributed by atoms with Crippen molar-refractivity contribution in [2.45, 2.75) is 15.7 Å². The van der Waals surface area contributed by atoms with Crippen LogP contribution in [0.5, 0.6) is 5.75 Å². The number of benzene rings is 3. The molecule has 0 fully saturated rings. The first-order chi connectivity index (χ1) is 10.9. The van der Waals surface area contributed by atoms with E-state index < -0.39 is 0 Å². The van der Waals surface area contributed by atoms with Crippen LogP contribution in [0.25, 0.3) is 0 Å². The second-order valence-corrected chi connectivity index (χ2v) is 6.47. The summed E-state index contributed by atoms with van der Waals surface area (Å²) in [5.74, 6) is 1.19. The largest absolute Gasteiger partial charge is 0.497 e. The van der Waals surface area contributed by atoms with E-state index in [1.54, 1.807) is 7.11 Å². The van der Waals surface area contributed by atoms with E-state index in [2.05, 4.69) is 60.7 Å². The molecule has 1 heterocycles. The van der Waals surface area contributed by atoms with Gasteiger partial charge >= 0.3 is 0 Å². The van der Waals surface area contributed by atoms with Gasteiger partial charge in [0.05, 0.1) is 7.11 Å². The standard InChI is InChI=1S/C20H16OS/c1-21-15-12-10-14(11-13-15)20-16-6-2-4-8-18(16)22-19-9-5-3-7-17(19)20/h2-13,20H,1H3. The second-order valence-electron chi connectivity index (χ2n) is 5.38. The maximum Gasteiger partial charge on any atom is 0.118 e. The van der Waals surface area contributed by atoms with Crippen molar-refractivity contribution in [3.05, 3.63) is 89.5 Å². The Balaban J connectivity index is 1.90. The molecule has 0 saturated heterocycles. The molecule has 3 aromatic rings. The SMILES string of the molecule is COc1ccc(C2c3ccccc3Sc3ccccc32)cc1. The summed E-state index contributed by atoms with van der Waals surface area (Å²) in [6, 6.07) is 25.8.